The first-order valence-corrected chi connectivity index (χ1v) is 11.6. The summed E-state index contributed by atoms with van der Waals surface area (Å²) in [5, 5.41) is 16.3. The molecule has 1 N–H and O–H groups in total. The molecule has 1 fully saturated rings. The van der Waals surface area contributed by atoms with E-state index in [-0.39, 0.29) is 24.0 Å². The van der Waals surface area contributed by atoms with Gasteiger partial charge in [-0.3, -0.25) is 14.3 Å². The second kappa shape index (κ2) is 8.93. The number of hydrogen-bond donors (Lipinski definition) is 1. The Bertz CT molecular complexity index is 1620. The number of tetrazole rings is 1. The van der Waals surface area contributed by atoms with Gasteiger partial charge in [-0.1, -0.05) is 23.3 Å². The van der Waals surface area contributed by atoms with Crippen molar-refractivity contribution in [2.45, 2.75) is 0 Å². The molecule has 0 unspecified atom stereocenters. The monoisotopic (exact) mass is 500 g/mol. The lowest BCUT2D eigenvalue weighted by molar-refractivity contribution is -0.126. The van der Waals surface area contributed by atoms with Crippen LogP contribution in [0.5, 0.6) is 0 Å². The van der Waals surface area contributed by atoms with Gasteiger partial charge in [-0.25, -0.2) is 9.37 Å². The number of halogens is 1. The molecule has 0 spiro atoms. The molecule has 0 aliphatic carbocycles. The fourth-order valence-electron chi connectivity index (χ4n) is 4.51. The molecule has 1 aromatic carbocycles. The van der Waals surface area contributed by atoms with Crippen molar-refractivity contribution in [2.75, 3.05) is 31.1 Å². The summed E-state index contributed by atoms with van der Waals surface area (Å²) in [4.78, 5) is 36.8. The number of rotatable bonds is 5. The lowest BCUT2D eigenvalue weighted by atomic mass is 10.1. The molecule has 5 heterocycles. The largest absolute Gasteiger partial charge is 0.359 e. The van der Waals surface area contributed by atoms with Crippen molar-refractivity contribution in [2.24, 2.45) is 7.05 Å². The first-order chi connectivity index (χ1) is 18.0. The summed E-state index contributed by atoms with van der Waals surface area (Å²) in [6, 6.07) is 11.2. The first-order valence-electron chi connectivity index (χ1n) is 11.6. The molecular formula is C24H21FN10O2. The lowest BCUT2D eigenvalue weighted by Crippen LogP contribution is -2.51. The minimum absolute atomic E-state index is 0.0228. The van der Waals surface area contributed by atoms with Gasteiger partial charge in [0.15, 0.2) is 5.82 Å². The molecule has 6 rings (SSSR count). The number of para-hydroxylation sites is 1. The maximum Gasteiger partial charge on any atom is 0.295 e. The van der Waals surface area contributed by atoms with Crippen LogP contribution >= 0.6 is 0 Å². The molecule has 12 nitrogen and oxygen atoms in total. The Morgan fingerprint density at radius 1 is 1.05 bits per heavy atom. The molecule has 1 aliphatic rings. The van der Waals surface area contributed by atoms with Crippen molar-refractivity contribution in [1.29, 1.82) is 0 Å². The highest BCUT2D eigenvalue weighted by molar-refractivity contribution is 6.45. The van der Waals surface area contributed by atoms with E-state index < -0.39 is 17.5 Å². The molecule has 1 saturated heterocycles. The molecule has 1 aliphatic heterocycles. The molecule has 0 atom stereocenters. The van der Waals surface area contributed by atoms with Gasteiger partial charge in [0.25, 0.3) is 11.7 Å². The van der Waals surface area contributed by atoms with Crippen molar-refractivity contribution >= 4 is 28.5 Å². The summed E-state index contributed by atoms with van der Waals surface area (Å²) in [5.41, 5.74) is 2.01. The van der Waals surface area contributed by atoms with Crippen molar-refractivity contribution in [3.05, 3.63) is 66.4 Å². The third kappa shape index (κ3) is 3.90. The Morgan fingerprint density at radius 3 is 2.57 bits per heavy atom. The highest BCUT2D eigenvalue weighted by Crippen LogP contribution is 2.29. The van der Waals surface area contributed by atoms with Crippen LogP contribution < -0.4 is 4.90 Å². The average Bonchev–Trinajstić information content (AvgIpc) is 3.69. The van der Waals surface area contributed by atoms with Gasteiger partial charge in [-0.05, 0) is 28.6 Å². The number of aromatic amines is 1. The van der Waals surface area contributed by atoms with E-state index in [4.69, 9.17) is 0 Å². The van der Waals surface area contributed by atoms with E-state index in [0.29, 0.717) is 35.9 Å². The normalized spacial score (nSPS) is 13.9. The molecular weight excluding hydrogens is 479 g/mol. The Hall–Kier alpha value is -4.94. The number of carbonyl (C=O) groups excluding carboxylic acids is 2. The first kappa shape index (κ1) is 22.5. The van der Waals surface area contributed by atoms with Crippen molar-refractivity contribution < 1.29 is 14.0 Å². The van der Waals surface area contributed by atoms with E-state index in [2.05, 4.69) is 30.6 Å². The number of H-pyrrole nitrogens is 1. The predicted octanol–water partition coefficient (Wildman–Crippen LogP) is 1.61. The standard InChI is InChI=1S/C24H21FN10O2/c1-32-8-7-18(29-32)20-21-19(17(25)14-27-20)16(13-26-21)22(36)23(37)33-9-11-34(12-10-33)24-28-30-31-35(24)15-5-3-2-4-6-15/h2-8,13-14,26H,9-12H2,1H3. The molecule has 37 heavy (non-hydrogen) atoms. The molecule has 0 radical (unpaired) electrons. The number of ketones is 1. The molecule has 1 amide bonds. The van der Waals surface area contributed by atoms with Gasteiger partial charge < -0.3 is 14.8 Å². The van der Waals surface area contributed by atoms with Crippen molar-refractivity contribution in [3.63, 3.8) is 0 Å². The summed E-state index contributed by atoms with van der Waals surface area (Å²) < 4.78 is 18.0. The number of amides is 1. The van der Waals surface area contributed by atoms with Gasteiger partial charge in [0.2, 0.25) is 5.95 Å². The number of aryl methyl sites for hydroxylation is 1. The number of pyridine rings is 1. The molecule has 0 saturated carbocycles. The Labute approximate surface area is 209 Å². The summed E-state index contributed by atoms with van der Waals surface area (Å²) in [6.45, 7) is 1.44. The van der Waals surface area contributed by atoms with Crippen LogP contribution in [0.2, 0.25) is 0 Å². The number of aromatic nitrogens is 8. The van der Waals surface area contributed by atoms with Crippen LogP contribution in [0.4, 0.5) is 10.3 Å². The van der Waals surface area contributed by atoms with Crippen LogP contribution in [0.15, 0.2) is 55.0 Å². The Balaban J connectivity index is 1.21. The van der Waals surface area contributed by atoms with E-state index in [0.717, 1.165) is 11.9 Å². The zero-order valence-electron chi connectivity index (χ0n) is 19.7. The van der Waals surface area contributed by atoms with Gasteiger partial charge in [0.05, 0.1) is 28.4 Å². The topological polar surface area (TPSA) is 131 Å². The predicted molar refractivity (Wildman–Crippen MR) is 131 cm³/mol. The molecule has 5 aromatic rings. The molecule has 4 aromatic heterocycles. The van der Waals surface area contributed by atoms with Crippen LogP contribution in [0, 0.1) is 5.82 Å². The van der Waals surface area contributed by atoms with E-state index in [1.54, 1.807) is 28.7 Å². The summed E-state index contributed by atoms with van der Waals surface area (Å²) in [6.07, 6.45) is 4.13. The number of Topliss-reactive ketones (excluding diaryl/α,β-unsaturated/α-hetero) is 1. The van der Waals surface area contributed by atoms with Crippen LogP contribution in [0.3, 0.4) is 0 Å². The van der Waals surface area contributed by atoms with Gasteiger partial charge in [-0.15, -0.1) is 0 Å². The van der Waals surface area contributed by atoms with Gasteiger partial charge in [0.1, 0.15) is 11.4 Å². The highest BCUT2D eigenvalue weighted by atomic mass is 19.1. The Morgan fingerprint density at radius 2 is 1.84 bits per heavy atom. The number of piperazine rings is 1. The van der Waals surface area contributed by atoms with Crippen LogP contribution in [0.1, 0.15) is 10.4 Å². The second-order valence-corrected chi connectivity index (χ2v) is 8.62. The quantitative estimate of drug-likeness (QED) is 0.285. The van der Waals surface area contributed by atoms with Crippen molar-refractivity contribution in [1.82, 2.24) is 44.9 Å². The zero-order valence-corrected chi connectivity index (χ0v) is 19.7. The van der Waals surface area contributed by atoms with Gasteiger partial charge in [-0.2, -0.15) is 9.78 Å². The zero-order chi connectivity index (χ0) is 25.5. The Kier molecular flexibility index (Phi) is 5.44. The number of anilines is 1. The van der Waals surface area contributed by atoms with Gasteiger partial charge >= 0.3 is 0 Å². The number of hydrogen-bond acceptors (Lipinski definition) is 8. The van der Waals surface area contributed by atoms with E-state index in [1.807, 2.05) is 35.2 Å². The number of fused-ring (bicyclic) bond motifs is 1. The van der Waals surface area contributed by atoms with Crippen LogP contribution in [-0.4, -0.2) is 82.7 Å². The fraction of sp³-hybridized carbons (Fsp3) is 0.208. The highest BCUT2D eigenvalue weighted by Gasteiger charge is 2.31. The van der Waals surface area contributed by atoms with Crippen LogP contribution in [0.25, 0.3) is 28.0 Å². The van der Waals surface area contributed by atoms with E-state index in [9.17, 15) is 14.0 Å². The van der Waals surface area contributed by atoms with E-state index >= 15 is 0 Å². The molecule has 0 bridgehead atoms. The number of carbonyl (C=O) groups is 2. The SMILES string of the molecule is Cn1ccc(-c2ncc(F)c3c(C(=O)C(=O)N4CCN(c5nnnn5-c5ccccc5)CC4)c[nH]c23)n1. The summed E-state index contributed by atoms with van der Waals surface area (Å²) in [7, 11) is 1.76. The summed E-state index contributed by atoms with van der Waals surface area (Å²) >= 11 is 0. The lowest BCUT2D eigenvalue weighted by Gasteiger charge is -2.34. The third-order valence-corrected chi connectivity index (χ3v) is 6.36. The second-order valence-electron chi connectivity index (χ2n) is 8.62. The molecule has 186 valence electrons. The minimum Gasteiger partial charge on any atom is -0.359 e. The average molecular weight is 500 g/mol. The fourth-order valence-corrected chi connectivity index (χ4v) is 4.51. The van der Waals surface area contributed by atoms with Gasteiger partial charge in [0, 0.05) is 45.6 Å². The van der Waals surface area contributed by atoms with Crippen LogP contribution in [-0.2, 0) is 11.8 Å². The number of benzene rings is 1. The smallest absolute Gasteiger partial charge is 0.295 e. The number of nitrogens with one attached hydrogen (secondary N) is 1. The van der Waals surface area contributed by atoms with Crippen molar-refractivity contribution in [3.8, 4) is 17.1 Å². The third-order valence-electron chi connectivity index (χ3n) is 6.36. The molecule has 13 heteroatoms. The minimum atomic E-state index is -0.786. The maximum absolute atomic E-state index is 14.8. The number of nitrogens with zero attached hydrogens (tertiary/aromatic N) is 9. The summed E-state index contributed by atoms with van der Waals surface area (Å²) in [5.74, 6) is -1.62. The van der Waals surface area contributed by atoms with E-state index in [1.165, 1.54) is 11.1 Å². The maximum atomic E-state index is 14.8.